The Hall–Kier alpha value is -1.10. The van der Waals surface area contributed by atoms with Gasteiger partial charge in [0.1, 0.15) is 6.04 Å². The van der Waals surface area contributed by atoms with Crippen molar-refractivity contribution in [2.75, 3.05) is 32.8 Å². The summed E-state index contributed by atoms with van der Waals surface area (Å²) < 4.78 is 5.14. The van der Waals surface area contributed by atoms with Crippen molar-refractivity contribution in [3.63, 3.8) is 0 Å². The highest BCUT2D eigenvalue weighted by Gasteiger charge is 2.34. The molecule has 0 aromatic carbocycles. The number of carbonyl (C=O) groups excluding carboxylic acids is 2. The van der Waals surface area contributed by atoms with E-state index >= 15 is 0 Å². The molecule has 1 atom stereocenters. The molecule has 0 aromatic rings. The standard InChI is InChI=1S/C17H30N2O3/c1-3-10-18(12-14-8-9-14)13-16(20)19-11-6-5-7-15(19)17(21)22-4-2/h14-15H,3-13H2,1-2H3. The van der Waals surface area contributed by atoms with E-state index in [4.69, 9.17) is 4.74 Å². The molecule has 1 saturated heterocycles. The van der Waals surface area contributed by atoms with Crippen LogP contribution in [0.15, 0.2) is 0 Å². The molecule has 5 heteroatoms. The molecule has 1 heterocycles. The highest BCUT2D eigenvalue weighted by atomic mass is 16.5. The molecule has 0 radical (unpaired) electrons. The van der Waals surface area contributed by atoms with Gasteiger partial charge >= 0.3 is 5.97 Å². The number of piperidine rings is 1. The largest absolute Gasteiger partial charge is 0.464 e. The lowest BCUT2D eigenvalue weighted by Gasteiger charge is -2.35. The lowest BCUT2D eigenvalue weighted by molar-refractivity contribution is -0.157. The maximum Gasteiger partial charge on any atom is 0.328 e. The van der Waals surface area contributed by atoms with Crippen LogP contribution in [0.25, 0.3) is 0 Å². The topological polar surface area (TPSA) is 49.9 Å². The van der Waals surface area contributed by atoms with E-state index in [0.29, 0.717) is 19.7 Å². The number of ether oxygens (including phenoxy) is 1. The van der Waals surface area contributed by atoms with E-state index in [1.807, 2.05) is 6.92 Å². The summed E-state index contributed by atoms with van der Waals surface area (Å²) in [7, 11) is 0. The van der Waals surface area contributed by atoms with Crippen LogP contribution in [0.2, 0.25) is 0 Å². The van der Waals surface area contributed by atoms with Gasteiger partial charge in [-0.3, -0.25) is 9.69 Å². The average molecular weight is 310 g/mol. The second kappa shape index (κ2) is 8.51. The maximum atomic E-state index is 12.7. The number of rotatable bonds is 8. The number of hydrogen-bond acceptors (Lipinski definition) is 4. The summed E-state index contributed by atoms with van der Waals surface area (Å²) in [6.45, 7) is 7.45. The lowest BCUT2D eigenvalue weighted by atomic mass is 10.0. The normalized spacial score (nSPS) is 22.0. The van der Waals surface area contributed by atoms with Gasteiger partial charge in [-0.15, -0.1) is 0 Å². The minimum atomic E-state index is -0.370. The van der Waals surface area contributed by atoms with Gasteiger partial charge in [-0.25, -0.2) is 4.79 Å². The number of esters is 1. The summed E-state index contributed by atoms with van der Waals surface area (Å²) in [5.41, 5.74) is 0. The lowest BCUT2D eigenvalue weighted by Crippen LogP contribution is -2.52. The summed E-state index contributed by atoms with van der Waals surface area (Å²) in [6.07, 6.45) is 6.36. The molecule has 1 amide bonds. The van der Waals surface area contributed by atoms with Crippen molar-refractivity contribution in [1.29, 1.82) is 0 Å². The third-order valence-electron chi connectivity index (χ3n) is 4.49. The fourth-order valence-corrected chi connectivity index (χ4v) is 3.21. The molecule has 0 spiro atoms. The highest BCUT2D eigenvalue weighted by molar-refractivity contribution is 5.85. The molecule has 0 aromatic heterocycles. The minimum absolute atomic E-state index is 0.0897. The Labute approximate surface area is 134 Å². The molecule has 5 nitrogen and oxygen atoms in total. The van der Waals surface area contributed by atoms with Crippen molar-refractivity contribution in [3.05, 3.63) is 0 Å². The number of carbonyl (C=O) groups is 2. The number of likely N-dealkylation sites (tertiary alicyclic amines) is 1. The van der Waals surface area contributed by atoms with Crippen molar-refractivity contribution >= 4 is 11.9 Å². The summed E-state index contributed by atoms with van der Waals surface area (Å²) in [4.78, 5) is 28.8. The quantitative estimate of drug-likeness (QED) is 0.644. The predicted octanol–water partition coefficient (Wildman–Crippen LogP) is 2.05. The Morgan fingerprint density at radius 2 is 1.95 bits per heavy atom. The number of hydrogen-bond donors (Lipinski definition) is 0. The van der Waals surface area contributed by atoms with Crippen molar-refractivity contribution < 1.29 is 14.3 Å². The molecule has 1 unspecified atom stereocenters. The van der Waals surface area contributed by atoms with Gasteiger partial charge in [0, 0.05) is 13.1 Å². The average Bonchev–Trinajstić information content (AvgIpc) is 3.31. The molecule has 2 aliphatic rings. The van der Waals surface area contributed by atoms with E-state index in [0.717, 1.165) is 44.7 Å². The summed E-state index contributed by atoms with van der Waals surface area (Å²) >= 11 is 0. The number of amides is 1. The Morgan fingerprint density at radius 1 is 1.18 bits per heavy atom. The van der Waals surface area contributed by atoms with E-state index in [-0.39, 0.29) is 17.9 Å². The van der Waals surface area contributed by atoms with Crippen LogP contribution in [0.3, 0.4) is 0 Å². The maximum absolute atomic E-state index is 12.7. The smallest absolute Gasteiger partial charge is 0.328 e. The Kier molecular flexibility index (Phi) is 6.68. The summed E-state index contributed by atoms with van der Waals surface area (Å²) in [5.74, 6) is 0.633. The van der Waals surface area contributed by atoms with Gasteiger partial charge in [0.25, 0.3) is 0 Å². The van der Waals surface area contributed by atoms with Crippen molar-refractivity contribution in [2.24, 2.45) is 5.92 Å². The molecule has 22 heavy (non-hydrogen) atoms. The first-order valence-electron chi connectivity index (χ1n) is 8.84. The SMILES string of the molecule is CCCN(CC(=O)N1CCCCC1C(=O)OCC)CC1CC1. The van der Waals surface area contributed by atoms with E-state index in [1.54, 1.807) is 4.90 Å². The molecule has 1 aliphatic carbocycles. The summed E-state index contributed by atoms with van der Waals surface area (Å²) in [6, 6.07) is -0.370. The van der Waals surface area contributed by atoms with Crippen molar-refractivity contribution in [2.45, 2.75) is 58.4 Å². The second-order valence-electron chi connectivity index (χ2n) is 6.53. The molecular weight excluding hydrogens is 280 g/mol. The zero-order valence-electron chi connectivity index (χ0n) is 14.1. The highest BCUT2D eigenvalue weighted by Crippen LogP contribution is 2.29. The minimum Gasteiger partial charge on any atom is -0.464 e. The first-order valence-corrected chi connectivity index (χ1v) is 8.84. The first-order chi connectivity index (χ1) is 10.7. The Bertz CT molecular complexity index is 382. The molecule has 1 saturated carbocycles. The predicted molar refractivity (Wildman–Crippen MR) is 85.4 cm³/mol. The van der Waals surface area contributed by atoms with E-state index in [1.165, 1.54) is 12.8 Å². The number of nitrogens with zero attached hydrogens (tertiary/aromatic N) is 2. The molecular formula is C17H30N2O3. The van der Waals surface area contributed by atoms with Crippen LogP contribution in [0, 0.1) is 5.92 Å². The zero-order chi connectivity index (χ0) is 15.9. The van der Waals surface area contributed by atoms with Crippen molar-refractivity contribution in [1.82, 2.24) is 9.80 Å². The monoisotopic (exact) mass is 310 g/mol. The van der Waals surface area contributed by atoms with Crippen LogP contribution in [0.5, 0.6) is 0 Å². The Balaban J connectivity index is 1.92. The van der Waals surface area contributed by atoms with Crippen LogP contribution in [-0.4, -0.2) is 60.5 Å². The summed E-state index contributed by atoms with van der Waals surface area (Å²) in [5, 5.41) is 0. The third kappa shape index (κ3) is 4.97. The van der Waals surface area contributed by atoms with Gasteiger partial charge in [0.15, 0.2) is 0 Å². The zero-order valence-corrected chi connectivity index (χ0v) is 14.1. The van der Waals surface area contributed by atoms with Gasteiger partial charge in [0.05, 0.1) is 13.2 Å². The van der Waals surface area contributed by atoms with Gasteiger partial charge in [0.2, 0.25) is 5.91 Å². The molecule has 0 N–H and O–H groups in total. The van der Waals surface area contributed by atoms with Crippen molar-refractivity contribution in [3.8, 4) is 0 Å². The van der Waals surface area contributed by atoms with Gasteiger partial charge in [-0.05, 0) is 57.9 Å². The molecule has 2 fully saturated rings. The van der Waals surface area contributed by atoms with E-state index in [9.17, 15) is 9.59 Å². The van der Waals surface area contributed by atoms with Crippen LogP contribution >= 0.6 is 0 Å². The third-order valence-corrected chi connectivity index (χ3v) is 4.49. The van der Waals surface area contributed by atoms with Gasteiger partial charge < -0.3 is 9.64 Å². The van der Waals surface area contributed by atoms with Gasteiger partial charge in [-0.1, -0.05) is 6.92 Å². The second-order valence-corrected chi connectivity index (χ2v) is 6.53. The molecule has 1 aliphatic heterocycles. The van der Waals surface area contributed by atoms with E-state index < -0.39 is 0 Å². The van der Waals surface area contributed by atoms with Crippen LogP contribution < -0.4 is 0 Å². The Morgan fingerprint density at radius 3 is 2.59 bits per heavy atom. The molecule has 126 valence electrons. The molecule has 0 bridgehead atoms. The van der Waals surface area contributed by atoms with Crippen LogP contribution in [0.4, 0.5) is 0 Å². The fraction of sp³-hybridized carbons (Fsp3) is 0.882. The first kappa shape index (κ1) is 17.3. The fourth-order valence-electron chi connectivity index (χ4n) is 3.21. The van der Waals surface area contributed by atoms with Crippen LogP contribution in [-0.2, 0) is 14.3 Å². The molecule has 2 rings (SSSR count). The van der Waals surface area contributed by atoms with E-state index in [2.05, 4.69) is 11.8 Å². The van der Waals surface area contributed by atoms with Gasteiger partial charge in [-0.2, -0.15) is 0 Å². The van der Waals surface area contributed by atoms with Crippen LogP contribution in [0.1, 0.15) is 52.4 Å².